The molecule has 1 heterocycles. The number of aryl methyl sites for hydroxylation is 2. The van der Waals surface area contributed by atoms with Gasteiger partial charge in [-0.1, -0.05) is 25.0 Å². The van der Waals surface area contributed by atoms with Gasteiger partial charge in [-0.05, 0) is 13.3 Å². The van der Waals surface area contributed by atoms with Crippen LogP contribution in [-0.4, -0.2) is 28.1 Å². The Hall–Kier alpha value is -1.39. The van der Waals surface area contributed by atoms with Crippen molar-refractivity contribution in [1.82, 2.24) is 15.0 Å². The molecule has 1 aromatic heterocycles. The molecule has 0 saturated heterocycles. The van der Waals surface area contributed by atoms with Gasteiger partial charge in [-0.15, -0.1) is 5.10 Å². The molecule has 0 aliphatic carbocycles. The van der Waals surface area contributed by atoms with Crippen LogP contribution in [0, 0.1) is 6.92 Å². The number of esters is 1. The van der Waals surface area contributed by atoms with Crippen molar-refractivity contribution >= 4 is 5.97 Å². The lowest BCUT2D eigenvalue weighted by atomic mass is 10.2. The van der Waals surface area contributed by atoms with Gasteiger partial charge in [-0.2, -0.15) is 0 Å². The predicted molar refractivity (Wildman–Crippen MR) is 55.6 cm³/mol. The Morgan fingerprint density at radius 3 is 2.80 bits per heavy atom. The van der Waals surface area contributed by atoms with Crippen LogP contribution < -0.4 is 0 Å². The zero-order valence-corrected chi connectivity index (χ0v) is 9.49. The molecule has 0 saturated carbocycles. The molecule has 0 bridgehead atoms. The zero-order chi connectivity index (χ0) is 11.3. The van der Waals surface area contributed by atoms with Crippen molar-refractivity contribution in [2.24, 2.45) is 0 Å². The highest BCUT2D eigenvalue weighted by Crippen LogP contribution is 2.07. The molecule has 0 fully saturated rings. The lowest BCUT2D eigenvalue weighted by Crippen LogP contribution is -2.13. The molecule has 5 nitrogen and oxygen atoms in total. The van der Waals surface area contributed by atoms with E-state index in [1.54, 1.807) is 11.6 Å². The Morgan fingerprint density at radius 1 is 1.47 bits per heavy atom. The number of methoxy groups -OCH3 is 1. The Morgan fingerprint density at radius 2 is 2.20 bits per heavy atom. The summed E-state index contributed by atoms with van der Waals surface area (Å²) in [5.41, 5.74) is 1.09. The van der Waals surface area contributed by atoms with Crippen LogP contribution in [0.4, 0.5) is 0 Å². The molecule has 0 N–H and O–H groups in total. The molecular weight excluding hydrogens is 194 g/mol. The molecule has 0 aliphatic heterocycles. The van der Waals surface area contributed by atoms with Crippen molar-refractivity contribution < 1.29 is 9.53 Å². The fraction of sp³-hybridized carbons (Fsp3) is 0.700. The van der Waals surface area contributed by atoms with E-state index in [4.69, 9.17) is 0 Å². The van der Waals surface area contributed by atoms with Gasteiger partial charge < -0.3 is 4.74 Å². The van der Waals surface area contributed by atoms with E-state index in [0.29, 0.717) is 11.4 Å². The maximum absolute atomic E-state index is 11.4. The lowest BCUT2D eigenvalue weighted by Gasteiger charge is -2.04. The van der Waals surface area contributed by atoms with E-state index in [9.17, 15) is 4.79 Å². The van der Waals surface area contributed by atoms with Gasteiger partial charge in [0.05, 0.1) is 12.8 Å². The summed E-state index contributed by atoms with van der Waals surface area (Å²) in [6.45, 7) is 4.61. The Labute approximate surface area is 89.4 Å². The zero-order valence-electron chi connectivity index (χ0n) is 9.49. The highest BCUT2D eigenvalue weighted by molar-refractivity contribution is 5.88. The monoisotopic (exact) mass is 211 g/mol. The van der Waals surface area contributed by atoms with Crippen LogP contribution in [0.3, 0.4) is 0 Å². The van der Waals surface area contributed by atoms with Crippen LogP contribution in [-0.2, 0) is 11.3 Å². The molecule has 0 atom stereocenters. The summed E-state index contributed by atoms with van der Waals surface area (Å²) in [7, 11) is 1.37. The molecule has 84 valence electrons. The minimum atomic E-state index is -0.367. The smallest absolute Gasteiger partial charge is 0.358 e. The first-order valence-electron chi connectivity index (χ1n) is 5.19. The average molecular weight is 211 g/mol. The second-order valence-corrected chi connectivity index (χ2v) is 3.45. The van der Waals surface area contributed by atoms with Crippen LogP contribution in [0.25, 0.3) is 0 Å². The summed E-state index contributed by atoms with van der Waals surface area (Å²) in [4.78, 5) is 11.4. The van der Waals surface area contributed by atoms with Crippen LogP contribution in [0.1, 0.15) is 42.4 Å². The number of rotatable bonds is 5. The minimum Gasteiger partial charge on any atom is -0.464 e. The van der Waals surface area contributed by atoms with E-state index in [1.165, 1.54) is 7.11 Å². The van der Waals surface area contributed by atoms with Gasteiger partial charge in [-0.3, -0.25) is 0 Å². The molecule has 5 heteroatoms. The van der Waals surface area contributed by atoms with Gasteiger partial charge in [0.25, 0.3) is 0 Å². The molecule has 0 spiro atoms. The highest BCUT2D eigenvalue weighted by Gasteiger charge is 2.17. The normalized spacial score (nSPS) is 10.3. The third-order valence-corrected chi connectivity index (χ3v) is 2.26. The van der Waals surface area contributed by atoms with Gasteiger partial charge in [0, 0.05) is 6.54 Å². The highest BCUT2D eigenvalue weighted by atomic mass is 16.5. The summed E-state index contributed by atoms with van der Waals surface area (Å²) in [6, 6.07) is 0. The van der Waals surface area contributed by atoms with Gasteiger partial charge >= 0.3 is 5.97 Å². The van der Waals surface area contributed by atoms with E-state index < -0.39 is 0 Å². The second kappa shape index (κ2) is 5.48. The number of carbonyl (C=O) groups excluding carboxylic acids is 1. The largest absolute Gasteiger partial charge is 0.464 e. The van der Waals surface area contributed by atoms with Crippen molar-refractivity contribution in [3.8, 4) is 0 Å². The first-order chi connectivity index (χ1) is 7.20. The third-order valence-electron chi connectivity index (χ3n) is 2.26. The van der Waals surface area contributed by atoms with E-state index in [2.05, 4.69) is 22.0 Å². The average Bonchev–Trinajstić information content (AvgIpc) is 2.59. The number of unbranched alkanes of at least 4 members (excludes halogenated alkanes) is 2. The van der Waals surface area contributed by atoms with Crippen LogP contribution in [0.5, 0.6) is 0 Å². The van der Waals surface area contributed by atoms with E-state index in [-0.39, 0.29) is 5.97 Å². The number of aromatic nitrogens is 3. The van der Waals surface area contributed by atoms with Gasteiger partial charge in [-0.25, -0.2) is 9.48 Å². The molecule has 1 rings (SSSR count). The maximum Gasteiger partial charge on any atom is 0.358 e. The van der Waals surface area contributed by atoms with E-state index >= 15 is 0 Å². The predicted octanol–water partition coefficient (Wildman–Crippen LogP) is 1.56. The summed E-state index contributed by atoms with van der Waals surface area (Å²) in [5, 5.41) is 7.80. The van der Waals surface area contributed by atoms with E-state index in [1.807, 2.05) is 0 Å². The number of carbonyl (C=O) groups is 1. The van der Waals surface area contributed by atoms with Crippen molar-refractivity contribution in [2.45, 2.75) is 39.7 Å². The number of ether oxygens (including phenoxy) is 1. The van der Waals surface area contributed by atoms with Crippen LogP contribution in [0.15, 0.2) is 0 Å². The van der Waals surface area contributed by atoms with Gasteiger partial charge in [0.15, 0.2) is 5.69 Å². The summed E-state index contributed by atoms with van der Waals surface area (Å²) >= 11 is 0. The second-order valence-electron chi connectivity index (χ2n) is 3.45. The Kier molecular flexibility index (Phi) is 4.27. The van der Waals surface area contributed by atoms with Crippen molar-refractivity contribution in [3.63, 3.8) is 0 Å². The molecule has 0 aliphatic rings. The molecule has 15 heavy (non-hydrogen) atoms. The van der Waals surface area contributed by atoms with E-state index in [0.717, 1.165) is 25.8 Å². The summed E-state index contributed by atoms with van der Waals surface area (Å²) in [6.07, 6.45) is 3.27. The molecular formula is C10H17N3O2. The number of nitrogens with zero attached hydrogens (tertiary/aromatic N) is 3. The van der Waals surface area contributed by atoms with Gasteiger partial charge in [0.1, 0.15) is 0 Å². The first-order valence-corrected chi connectivity index (χ1v) is 5.19. The van der Waals surface area contributed by atoms with Crippen LogP contribution in [0.2, 0.25) is 0 Å². The maximum atomic E-state index is 11.4. The lowest BCUT2D eigenvalue weighted by molar-refractivity contribution is 0.0585. The van der Waals surface area contributed by atoms with Crippen LogP contribution >= 0.6 is 0 Å². The molecule has 0 aromatic carbocycles. The molecule has 0 amide bonds. The SMILES string of the molecule is CCCCCn1nnc(C)c1C(=O)OC. The van der Waals surface area contributed by atoms with Crippen molar-refractivity contribution in [3.05, 3.63) is 11.4 Å². The molecule has 1 aromatic rings. The molecule has 0 radical (unpaired) electrons. The fourth-order valence-electron chi connectivity index (χ4n) is 1.42. The third kappa shape index (κ3) is 2.78. The summed E-state index contributed by atoms with van der Waals surface area (Å²) in [5.74, 6) is -0.367. The Balaban J connectivity index is 2.75. The standard InChI is InChI=1S/C10H17N3O2/c1-4-5-6-7-13-9(10(14)15-3)8(2)11-12-13/h4-7H2,1-3H3. The minimum absolute atomic E-state index is 0.367. The van der Waals surface area contributed by atoms with Gasteiger partial charge in [0.2, 0.25) is 0 Å². The first kappa shape index (κ1) is 11.7. The topological polar surface area (TPSA) is 57.0 Å². The quantitative estimate of drug-likeness (QED) is 0.548. The fourth-order valence-corrected chi connectivity index (χ4v) is 1.42. The van der Waals surface area contributed by atoms with Crippen molar-refractivity contribution in [1.29, 1.82) is 0 Å². The van der Waals surface area contributed by atoms with Crippen molar-refractivity contribution in [2.75, 3.05) is 7.11 Å². The Bertz CT molecular complexity index is 333. The number of hydrogen-bond acceptors (Lipinski definition) is 4. The summed E-state index contributed by atoms with van der Waals surface area (Å²) < 4.78 is 6.30. The number of hydrogen-bond donors (Lipinski definition) is 0. The molecule has 0 unspecified atom stereocenters.